The molecule has 3 aliphatic rings. The second-order valence-electron chi connectivity index (χ2n) is 5.27. The summed E-state index contributed by atoms with van der Waals surface area (Å²) in [6, 6.07) is 3.44. The number of pyridine rings is 1. The third-order valence-electron chi connectivity index (χ3n) is 3.97. The van der Waals surface area contributed by atoms with Gasteiger partial charge < -0.3 is 5.32 Å². The fourth-order valence-corrected chi connectivity index (χ4v) is 3.55. The van der Waals surface area contributed by atoms with Crippen LogP contribution in [0.1, 0.15) is 0 Å². The zero-order chi connectivity index (χ0) is 14.2. The third kappa shape index (κ3) is 2.78. The molecule has 4 rings (SSSR count). The maximum atomic E-state index is 11.5. The molecule has 0 aromatic carbocycles. The van der Waals surface area contributed by atoms with Gasteiger partial charge >= 0.3 is 0 Å². The van der Waals surface area contributed by atoms with Gasteiger partial charge in [-0.25, -0.2) is 18.5 Å². The van der Waals surface area contributed by atoms with E-state index in [0.717, 1.165) is 32.7 Å². The molecule has 0 spiro atoms. The second kappa shape index (κ2) is 5.28. The number of nitrogens with zero attached hydrogens (tertiary/aromatic N) is 3. The van der Waals surface area contributed by atoms with Crippen LogP contribution in [0.25, 0.3) is 0 Å². The van der Waals surface area contributed by atoms with E-state index >= 15 is 0 Å². The molecule has 3 fully saturated rings. The maximum Gasteiger partial charge on any atom is 0.241 e. The summed E-state index contributed by atoms with van der Waals surface area (Å²) in [5, 5.41) is 8.34. The normalized spacial score (nSPS) is 29.4. The van der Waals surface area contributed by atoms with Crippen molar-refractivity contribution in [1.82, 2.24) is 14.8 Å². The lowest BCUT2D eigenvalue weighted by Crippen LogP contribution is -2.62. The summed E-state index contributed by atoms with van der Waals surface area (Å²) in [5.41, 5.74) is 0. The lowest BCUT2D eigenvalue weighted by atomic mass is 10.1. The number of nitrogens with one attached hydrogen (secondary N) is 1. The van der Waals surface area contributed by atoms with E-state index in [4.69, 9.17) is 5.14 Å². The van der Waals surface area contributed by atoms with Crippen molar-refractivity contribution in [1.29, 1.82) is 0 Å². The maximum absolute atomic E-state index is 11.5. The first kappa shape index (κ1) is 13.7. The van der Waals surface area contributed by atoms with Crippen LogP contribution in [0.15, 0.2) is 23.2 Å². The molecule has 2 bridgehead atoms. The molecule has 1 atom stereocenters. The van der Waals surface area contributed by atoms with Crippen molar-refractivity contribution in [3.63, 3.8) is 0 Å². The highest BCUT2D eigenvalue weighted by Gasteiger charge is 2.31. The van der Waals surface area contributed by atoms with Gasteiger partial charge in [0.2, 0.25) is 10.0 Å². The van der Waals surface area contributed by atoms with Crippen LogP contribution >= 0.6 is 0 Å². The van der Waals surface area contributed by atoms with Crippen molar-refractivity contribution in [2.45, 2.75) is 10.9 Å². The summed E-state index contributed by atoms with van der Waals surface area (Å²) in [5.74, 6) is 0.340. The van der Waals surface area contributed by atoms with Gasteiger partial charge in [0.05, 0.1) is 0 Å². The Morgan fingerprint density at radius 2 is 2.10 bits per heavy atom. The molecule has 0 saturated carbocycles. The minimum Gasteiger partial charge on any atom is -0.367 e. The lowest BCUT2D eigenvalue weighted by molar-refractivity contribution is 0.0189. The van der Waals surface area contributed by atoms with E-state index in [9.17, 15) is 8.42 Å². The zero-order valence-electron chi connectivity index (χ0n) is 11.2. The van der Waals surface area contributed by atoms with Crippen LogP contribution in [0.4, 0.5) is 5.82 Å². The molecule has 20 heavy (non-hydrogen) atoms. The molecule has 0 radical (unpaired) electrons. The molecule has 1 aromatic rings. The van der Waals surface area contributed by atoms with E-state index in [1.807, 2.05) is 0 Å². The molecule has 1 aromatic heterocycles. The molecule has 3 aliphatic heterocycles. The van der Waals surface area contributed by atoms with Gasteiger partial charge in [-0.05, 0) is 12.1 Å². The van der Waals surface area contributed by atoms with Gasteiger partial charge in [0.15, 0.2) is 0 Å². The first-order valence-electron chi connectivity index (χ1n) is 6.72. The predicted octanol–water partition coefficient (Wildman–Crippen LogP) is -0.859. The number of nitrogens with two attached hydrogens (primary N) is 1. The first-order chi connectivity index (χ1) is 9.54. The fourth-order valence-electron chi connectivity index (χ4n) is 2.89. The van der Waals surface area contributed by atoms with Crippen LogP contribution in [-0.2, 0) is 10.0 Å². The Morgan fingerprint density at radius 3 is 2.70 bits per heavy atom. The zero-order valence-corrected chi connectivity index (χ0v) is 12.0. The van der Waals surface area contributed by atoms with Crippen LogP contribution in [0.2, 0.25) is 0 Å². The van der Waals surface area contributed by atoms with Gasteiger partial charge in [0, 0.05) is 51.5 Å². The average Bonchev–Trinajstić information content (AvgIpc) is 2.46. The highest BCUT2D eigenvalue weighted by atomic mass is 32.2. The predicted molar refractivity (Wildman–Crippen MR) is 75.9 cm³/mol. The Bertz CT molecular complexity index is 583. The quantitative estimate of drug-likeness (QED) is 0.751. The van der Waals surface area contributed by atoms with Crippen molar-refractivity contribution < 1.29 is 8.42 Å². The molecule has 110 valence electrons. The number of hydrogen-bond acceptors (Lipinski definition) is 6. The van der Waals surface area contributed by atoms with Gasteiger partial charge in [-0.1, -0.05) is 0 Å². The van der Waals surface area contributed by atoms with Crippen LogP contribution in [0.3, 0.4) is 0 Å². The van der Waals surface area contributed by atoms with Gasteiger partial charge in [-0.3, -0.25) is 9.80 Å². The molecule has 3 saturated heterocycles. The number of piperazine rings is 3. The van der Waals surface area contributed by atoms with E-state index in [-0.39, 0.29) is 4.90 Å². The van der Waals surface area contributed by atoms with Crippen molar-refractivity contribution >= 4 is 15.8 Å². The molecule has 0 aliphatic carbocycles. The smallest absolute Gasteiger partial charge is 0.241 e. The molecule has 7 nitrogen and oxygen atoms in total. The van der Waals surface area contributed by atoms with Crippen LogP contribution in [0.5, 0.6) is 0 Å². The minimum atomic E-state index is -3.75. The number of sulfonamides is 1. The molecule has 1 unspecified atom stereocenters. The number of fused-ring (bicyclic) bond motifs is 3. The summed E-state index contributed by atoms with van der Waals surface area (Å²) in [6.07, 6.45) is 1.56. The Hall–Kier alpha value is -1.22. The van der Waals surface area contributed by atoms with Crippen LogP contribution in [0, 0.1) is 0 Å². The van der Waals surface area contributed by atoms with Crippen LogP contribution in [-0.4, -0.2) is 68.5 Å². The number of aromatic nitrogens is 1. The summed E-state index contributed by atoms with van der Waals surface area (Å²) < 4.78 is 23.0. The number of anilines is 1. The summed E-state index contributed by atoms with van der Waals surface area (Å²) >= 11 is 0. The molecule has 0 amide bonds. The second-order valence-corrected chi connectivity index (χ2v) is 6.80. The highest BCUT2D eigenvalue weighted by molar-refractivity contribution is 7.89. The Balaban J connectivity index is 1.70. The van der Waals surface area contributed by atoms with Gasteiger partial charge in [0.1, 0.15) is 10.7 Å². The topological polar surface area (TPSA) is 91.6 Å². The summed E-state index contributed by atoms with van der Waals surface area (Å²) in [6.45, 7) is 6.11. The van der Waals surface area contributed by atoms with Crippen molar-refractivity contribution in [3.8, 4) is 0 Å². The Kier molecular flexibility index (Phi) is 3.63. The third-order valence-corrected chi connectivity index (χ3v) is 4.92. The van der Waals surface area contributed by atoms with Crippen LogP contribution < -0.4 is 10.5 Å². The molecule has 4 heterocycles. The molecule has 3 N–H and O–H groups in total. The van der Waals surface area contributed by atoms with Crippen molar-refractivity contribution in [2.75, 3.05) is 44.6 Å². The monoisotopic (exact) mass is 297 g/mol. The molecular weight excluding hydrogens is 278 g/mol. The Morgan fingerprint density at radius 1 is 1.35 bits per heavy atom. The SMILES string of the molecule is NS(=O)(=O)c1cccnc1NCC1CN2CCN1CC2. The molecule has 8 heteroatoms. The van der Waals surface area contributed by atoms with E-state index < -0.39 is 10.0 Å². The van der Waals surface area contributed by atoms with Crippen molar-refractivity contribution in [3.05, 3.63) is 18.3 Å². The largest absolute Gasteiger partial charge is 0.367 e. The fraction of sp³-hybridized carbons (Fsp3) is 0.583. The van der Waals surface area contributed by atoms with Gasteiger partial charge in [0.25, 0.3) is 0 Å². The Labute approximate surface area is 118 Å². The van der Waals surface area contributed by atoms with E-state index in [2.05, 4.69) is 20.1 Å². The van der Waals surface area contributed by atoms with Crippen molar-refractivity contribution in [2.24, 2.45) is 5.14 Å². The van der Waals surface area contributed by atoms with Gasteiger partial charge in [-0.2, -0.15) is 0 Å². The number of rotatable bonds is 4. The average molecular weight is 297 g/mol. The summed E-state index contributed by atoms with van der Waals surface area (Å²) in [7, 11) is -3.75. The summed E-state index contributed by atoms with van der Waals surface area (Å²) in [4.78, 5) is 9.01. The number of hydrogen-bond donors (Lipinski definition) is 2. The first-order valence-corrected chi connectivity index (χ1v) is 8.27. The standard InChI is InChI=1S/C12H19N5O2S/c13-20(18,19)11-2-1-3-14-12(11)15-8-10-9-16-4-6-17(10)7-5-16/h1-3,10H,4-9H2,(H,14,15)(H2,13,18,19). The minimum absolute atomic E-state index is 0.0521. The molecular formula is C12H19N5O2S. The van der Waals surface area contributed by atoms with E-state index in [1.54, 1.807) is 12.3 Å². The lowest BCUT2D eigenvalue weighted by Gasteiger charge is -2.47. The van der Waals surface area contributed by atoms with Gasteiger partial charge in [-0.15, -0.1) is 0 Å². The highest BCUT2D eigenvalue weighted by Crippen LogP contribution is 2.19. The van der Waals surface area contributed by atoms with E-state index in [1.165, 1.54) is 6.07 Å². The number of primary sulfonamides is 1. The van der Waals surface area contributed by atoms with E-state index in [0.29, 0.717) is 18.4 Å².